The molecule has 3 aromatic heterocycles. The van der Waals surface area contributed by atoms with Gasteiger partial charge in [0.25, 0.3) is 0 Å². The van der Waals surface area contributed by atoms with Gasteiger partial charge in [0.05, 0.1) is 22.8 Å². The highest BCUT2D eigenvalue weighted by atomic mass is 32.2. The van der Waals surface area contributed by atoms with Crippen LogP contribution in [0.1, 0.15) is 11.1 Å². The van der Waals surface area contributed by atoms with Gasteiger partial charge in [0.1, 0.15) is 11.5 Å². The summed E-state index contributed by atoms with van der Waals surface area (Å²) >= 11 is 0. The third kappa shape index (κ3) is 5.65. The van der Waals surface area contributed by atoms with E-state index in [9.17, 15) is 12.8 Å². The zero-order chi connectivity index (χ0) is 26.0. The highest BCUT2D eigenvalue weighted by molar-refractivity contribution is 7.91. The van der Waals surface area contributed by atoms with Crippen molar-refractivity contribution in [2.45, 2.75) is 12.3 Å². The Morgan fingerprint density at radius 2 is 1.70 bits per heavy atom. The van der Waals surface area contributed by atoms with Crippen LogP contribution in [0.2, 0.25) is 0 Å². The molecule has 37 heavy (non-hydrogen) atoms. The second kappa shape index (κ2) is 10.1. The maximum Gasteiger partial charge on any atom is 0.239 e. The van der Waals surface area contributed by atoms with E-state index in [2.05, 4.69) is 19.6 Å². The quantitative estimate of drug-likeness (QED) is 0.324. The second-order valence-electron chi connectivity index (χ2n) is 8.93. The average molecular weight is 517 g/mol. The Kier molecular flexibility index (Phi) is 6.68. The van der Waals surface area contributed by atoms with Crippen molar-refractivity contribution in [1.82, 2.24) is 24.3 Å². The van der Waals surface area contributed by atoms with E-state index in [1.807, 2.05) is 42.9 Å². The van der Waals surface area contributed by atoms with Gasteiger partial charge < -0.3 is 4.90 Å². The Labute approximate surface area is 214 Å². The molecule has 0 radical (unpaired) electrons. The number of nitrogens with one attached hydrogen (secondary N) is 1. The number of hydrogen-bond acceptors (Lipinski definition) is 6. The molecular formula is C27H25FN6O2S. The molecule has 188 valence electrons. The Morgan fingerprint density at radius 1 is 0.946 bits per heavy atom. The van der Waals surface area contributed by atoms with Crippen molar-refractivity contribution >= 4 is 21.6 Å². The van der Waals surface area contributed by atoms with Gasteiger partial charge in [0.2, 0.25) is 16.0 Å². The van der Waals surface area contributed by atoms with Crippen LogP contribution in [0.5, 0.6) is 0 Å². The number of nitrogens with zero attached hydrogens (tertiary/aromatic N) is 5. The molecule has 0 atom stereocenters. The molecular weight excluding hydrogens is 491 g/mol. The largest absolute Gasteiger partial charge is 0.305 e. The number of fused-ring (bicyclic) bond motifs is 1. The fourth-order valence-electron chi connectivity index (χ4n) is 4.11. The summed E-state index contributed by atoms with van der Waals surface area (Å²) in [7, 11) is 0.241. The fourth-order valence-corrected chi connectivity index (χ4v) is 5.19. The Balaban J connectivity index is 1.57. The van der Waals surface area contributed by atoms with Gasteiger partial charge in [0.15, 0.2) is 0 Å². The minimum atomic E-state index is -3.74. The van der Waals surface area contributed by atoms with Crippen LogP contribution >= 0.6 is 0 Å². The molecule has 0 fully saturated rings. The standard InChI is InChI=1S/C27H25FN6O2S/c1-33(2)17-20-13-15-34-24(16-20)31-25(21-8-10-22(28)11-9-21)26(34)23-12-14-29-27(30-23)32-37(35,36)18-19-6-4-3-5-7-19/h3-16H,17-18H2,1-2H3,(H,29,30,32). The van der Waals surface area contributed by atoms with Crippen LogP contribution in [0.4, 0.5) is 10.3 Å². The lowest BCUT2D eigenvalue weighted by molar-refractivity contribution is 0.402. The summed E-state index contributed by atoms with van der Waals surface area (Å²) in [6, 6.07) is 20.6. The first-order valence-corrected chi connectivity index (χ1v) is 13.2. The SMILES string of the molecule is CN(C)Cc1ccn2c(-c3ccnc(NS(=O)(=O)Cc4ccccc4)n3)c(-c3ccc(F)cc3)nc2c1. The number of sulfonamides is 1. The van der Waals surface area contributed by atoms with Crippen LogP contribution in [-0.4, -0.2) is 46.8 Å². The van der Waals surface area contributed by atoms with E-state index in [1.54, 1.807) is 42.5 Å². The molecule has 8 nitrogen and oxygen atoms in total. The molecule has 5 aromatic rings. The summed E-state index contributed by atoms with van der Waals surface area (Å²) in [4.78, 5) is 15.6. The van der Waals surface area contributed by atoms with Crippen LogP contribution in [0.25, 0.3) is 28.3 Å². The zero-order valence-electron chi connectivity index (χ0n) is 20.3. The maximum absolute atomic E-state index is 13.7. The van der Waals surface area contributed by atoms with E-state index in [-0.39, 0.29) is 17.5 Å². The molecule has 1 N–H and O–H groups in total. The summed E-state index contributed by atoms with van der Waals surface area (Å²) in [5.41, 5.74) is 4.84. The summed E-state index contributed by atoms with van der Waals surface area (Å²) in [5.74, 6) is -0.593. The van der Waals surface area contributed by atoms with Crippen molar-refractivity contribution in [2.24, 2.45) is 0 Å². The summed E-state index contributed by atoms with van der Waals surface area (Å²) < 4.78 is 43.6. The number of rotatable bonds is 8. The van der Waals surface area contributed by atoms with Crippen LogP contribution in [-0.2, 0) is 22.3 Å². The third-order valence-electron chi connectivity index (χ3n) is 5.65. The Hall–Kier alpha value is -4.15. The van der Waals surface area contributed by atoms with Gasteiger partial charge in [-0.25, -0.2) is 27.8 Å². The smallest absolute Gasteiger partial charge is 0.239 e. The van der Waals surface area contributed by atoms with Crippen molar-refractivity contribution < 1.29 is 12.8 Å². The van der Waals surface area contributed by atoms with Gasteiger partial charge in [-0.15, -0.1) is 0 Å². The summed E-state index contributed by atoms with van der Waals surface area (Å²) in [6.45, 7) is 0.741. The van der Waals surface area contributed by atoms with Crippen molar-refractivity contribution in [3.05, 3.63) is 102 Å². The highest BCUT2D eigenvalue weighted by Gasteiger charge is 2.20. The van der Waals surface area contributed by atoms with Crippen molar-refractivity contribution in [1.29, 1.82) is 0 Å². The van der Waals surface area contributed by atoms with Crippen LogP contribution in [0.3, 0.4) is 0 Å². The van der Waals surface area contributed by atoms with Crippen LogP contribution < -0.4 is 4.72 Å². The topological polar surface area (TPSA) is 92.5 Å². The van der Waals surface area contributed by atoms with E-state index in [1.165, 1.54) is 18.3 Å². The lowest BCUT2D eigenvalue weighted by Gasteiger charge is -2.11. The molecule has 0 unspecified atom stereocenters. The van der Waals surface area contributed by atoms with Crippen LogP contribution in [0, 0.1) is 5.82 Å². The van der Waals surface area contributed by atoms with E-state index < -0.39 is 10.0 Å². The van der Waals surface area contributed by atoms with Gasteiger partial charge in [-0.2, -0.15) is 0 Å². The lowest BCUT2D eigenvalue weighted by Crippen LogP contribution is -2.17. The number of pyridine rings is 1. The summed E-state index contributed by atoms with van der Waals surface area (Å²) in [6.07, 6.45) is 3.40. The molecule has 0 aliphatic rings. The number of imidazole rings is 1. The number of halogens is 1. The van der Waals surface area contributed by atoms with E-state index >= 15 is 0 Å². The van der Waals surface area contributed by atoms with E-state index in [4.69, 9.17) is 4.98 Å². The minimum absolute atomic E-state index is 0.0438. The predicted molar refractivity (Wildman–Crippen MR) is 142 cm³/mol. The molecule has 0 aliphatic carbocycles. The summed E-state index contributed by atoms with van der Waals surface area (Å²) in [5, 5.41) is 0. The highest BCUT2D eigenvalue weighted by Crippen LogP contribution is 2.32. The molecule has 0 saturated heterocycles. The monoisotopic (exact) mass is 516 g/mol. The molecule has 5 rings (SSSR count). The van der Waals surface area contributed by atoms with Crippen molar-refractivity contribution in [3.63, 3.8) is 0 Å². The Morgan fingerprint density at radius 3 is 2.43 bits per heavy atom. The predicted octanol–water partition coefficient (Wildman–Crippen LogP) is 4.60. The number of aromatic nitrogens is 4. The number of anilines is 1. The van der Waals surface area contributed by atoms with Crippen molar-refractivity contribution in [3.8, 4) is 22.6 Å². The van der Waals surface area contributed by atoms with Gasteiger partial charge in [0, 0.05) is 24.5 Å². The lowest BCUT2D eigenvalue weighted by atomic mass is 10.1. The first kappa shape index (κ1) is 24.5. The van der Waals surface area contributed by atoms with Crippen LogP contribution in [0.15, 0.2) is 85.2 Å². The Bertz CT molecular complexity index is 1650. The van der Waals surface area contributed by atoms with Crippen molar-refractivity contribution in [2.75, 3.05) is 18.8 Å². The average Bonchev–Trinajstić information content (AvgIpc) is 3.23. The molecule has 0 amide bonds. The van der Waals surface area contributed by atoms with Gasteiger partial charge in [-0.05, 0) is 67.7 Å². The molecule has 10 heteroatoms. The third-order valence-corrected chi connectivity index (χ3v) is 6.86. The normalized spacial score (nSPS) is 11.8. The first-order chi connectivity index (χ1) is 17.8. The first-order valence-electron chi connectivity index (χ1n) is 11.6. The minimum Gasteiger partial charge on any atom is -0.305 e. The zero-order valence-corrected chi connectivity index (χ0v) is 21.2. The molecule has 0 aliphatic heterocycles. The molecule has 2 aromatic carbocycles. The molecule has 0 spiro atoms. The molecule has 3 heterocycles. The van der Waals surface area contributed by atoms with E-state index in [0.29, 0.717) is 33.9 Å². The molecule has 0 saturated carbocycles. The van der Waals surface area contributed by atoms with Gasteiger partial charge in [-0.3, -0.25) is 9.12 Å². The molecule has 0 bridgehead atoms. The second-order valence-corrected chi connectivity index (χ2v) is 10.7. The van der Waals surface area contributed by atoms with Gasteiger partial charge >= 0.3 is 0 Å². The van der Waals surface area contributed by atoms with Gasteiger partial charge in [-0.1, -0.05) is 30.3 Å². The number of hydrogen-bond donors (Lipinski definition) is 1. The number of benzene rings is 2. The fraction of sp³-hybridized carbons (Fsp3) is 0.148. The maximum atomic E-state index is 13.7. The van der Waals surface area contributed by atoms with E-state index in [0.717, 1.165) is 12.1 Å².